The number of hydrogen-bond donors (Lipinski definition) is 1. The van der Waals surface area contributed by atoms with Crippen molar-refractivity contribution in [2.24, 2.45) is 0 Å². The van der Waals surface area contributed by atoms with E-state index in [1.54, 1.807) is 12.1 Å². The highest BCUT2D eigenvalue weighted by molar-refractivity contribution is 8.06. The van der Waals surface area contributed by atoms with Crippen LogP contribution in [-0.2, 0) is 0 Å². The second kappa shape index (κ2) is 5.87. The fourth-order valence-corrected chi connectivity index (χ4v) is 4.86. The smallest absolute Gasteiger partial charge is 0.258 e. The van der Waals surface area contributed by atoms with Crippen LogP contribution in [0.4, 0.5) is 5.69 Å². The summed E-state index contributed by atoms with van der Waals surface area (Å²) in [6.45, 7) is 2.21. The van der Waals surface area contributed by atoms with Crippen LogP contribution in [-0.4, -0.2) is 26.9 Å². The van der Waals surface area contributed by atoms with Gasteiger partial charge in [-0.25, -0.2) is 0 Å². The van der Waals surface area contributed by atoms with Crippen molar-refractivity contribution in [2.75, 3.05) is 17.2 Å². The van der Waals surface area contributed by atoms with Crippen LogP contribution in [0.25, 0.3) is 11.5 Å². The molecule has 7 heteroatoms. The van der Waals surface area contributed by atoms with Crippen molar-refractivity contribution >= 4 is 40.8 Å². The van der Waals surface area contributed by atoms with Gasteiger partial charge in [0.2, 0.25) is 0 Å². The topological polar surface area (TPSA) is 64.9 Å². The first kappa shape index (κ1) is 14.1. The first-order valence-corrected chi connectivity index (χ1v) is 8.75. The lowest BCUT2D eigenvalue weighted by Gasteiger charge is -2.24. The molecule has 0 saturated carbocycles. The van der Waals surface area contributed by atoms with E-state index in [0.717, 1.165) is 17.1 Å². The van der Waals surface area contributed by atoms with E-state index in [2.05, 4.69) is 17.1 Å². The molecular weight excluding hydrogens is 314 g/mol. The Morgan fingerprint density at radius 3 is 2.90 bits per heavy atom. The molecule has 1 fully saturated rings. The summed E-state index contributed by atoms with van der Waals surface area (Å²) in [5.74, 6) is 3.56. The lowest BCUT2D eigenvalue weighted by molar-refractivity contribution is 0.422. The van der Waals surface area contributed by atoms with Crippen LogP contribution >= 0.6 is 35.1 Å². The highest BCUT2D eigenvalue weighted by atomic mass is 35.5. The van der Waals surface area contributed by atoms with Gasteiger partial charge >= 0.3 is 0 Å². The molecule has 3 rings (SSSR count). The van der Waals surface area contributed by atoms with Crippen molar-refractivity contribution in [3.63, 3.8) is 0 Å². The van der Waals surface area contributed by atoms with E-state index < -0.39 is 0 Å². The van der Waals surface area contributed by atoms with Crippen molar-refractivity contribution in [2.45, 2.75) is 17.4 Å². The predicted molar refractivity (Wildman–Crippen MR) is 86.3 cm³/mol. The fraction of sp³-hybridized carbons (Fsp3) is 0.385. The van der Waals surface area contributed by atoms with Gasteiger partial charge in [0.05, 0.1) is 16.0 Å². The number of nitrogen functional groups attached to an aromatic ring is 1. The molecule has 0 radical (unpaired) electrons. The zero-order valence-electron chi connectivity index (χ0n) is 10.9. The maximum absolute atomic E-state index is 5.92. The Morgan fingerprint density at radius 1 is 1.35 bits per heavy atom. The Bertz CT molecular complexity index is 619. The average molecular weight is 328 g/mol. The molecule has 2 N–H and O–H groups in total. The quantitative estimate of drug-likeness (QED) is 0.844. The van der Waals surface area contributed by atoms with Crippen LogP contribution in [0, 0.1) is 0 Å². The molecule has 2 heterocycles. The number of hydrogen-bond acceptors (Lipinski definition) is 6. The third-order valence-electron chi connectivity index (χ3n) is 3.13. The second-order valence-electron chi connectivity index (χ2n) is 4.56. The number of thioether (sulfide) groups is 2. The summed E-state index contributed by atoms with van der Waals surface area (Å²) in [6.07, 6.45) is 0. The van der Waals surface area contributed by atoms with Crippen LogP contribution in [0.2, 0.25) is 5.02 Å². The Labute approximate surface area is 130 Å². The van der Waals surface area contributed by atoms with Crippen molar-refractivity contribution < 1.29 is 4.52 Å². The molecule has 106 valence electrons. The van der Waals surface area contributed by atoms with Gasteiger partial charge in [-0.2, -0.15) is 16.7 Å². The minimum Gasteiger partial charge on any atom is -0.398 e. The zero-order valence-corrected chi connectivity index (χ0v) is 13.3. The third kappa shape index (κ3) is 2.77. The Balaban J connectivity index is 1.87. The van der Waals surface area contributed by atoms with Gasteiger partial charge in [-0.05, 0) is 18.2 Å². The molecular formula is C13H14ClN3OS2. The Morgan fingerprint density at radius 2 is 2.15 bits per heavy atom. The van der Waals surface area contributed by atoms with Crippen LogP contribution in [0.15, 0.2) is 22.7 Å². The molecule has 2 aromatic rings. The van der Waals surface area contributed by atoms with Crippen LogP contribution < -0.4 is 5.73 Å². The molecule has 0 spiro atoms. The first-order valence-electron chi connectivity index (χ1n) is 6.27. The molecule has 20 heavy (non-hydrogen) atoms. The normalized spacial score (nSPS) is 22.9. The molecule has 1 aromatic carbocycles. The number of anilines is 1. The first-order chi connectivity index (χ1) is 9.65. The lowest BCUT2D eigenvalue weighted by atomic mass is 10.2. The minimum absolute atomic E-state index is 0.288. The number of nitrogens with two attached hydrogens (primary N) is 1. The van der Waals surface area contributed by atoms with Crippen molar-refractivity contribution in [1.82, 2.24) is 10.1 Å². The second-order valence-corrected chi connectivity index (χ2v) is 7.70. The summed E-state index contributed by atoms with van der Waals surface area (Å²) in [7, 11) is 0. The van der Waals surface area contributed by atoms with E-state index in [4.69, 9.17) is 21.9 Å². The molecule has 1 saturated heterocycles. The number of benzene rings is 1. The summed E-state index contributed by atoms with van der Waals surface area (Å²) < 4.78 is 5.36. The van der Waals surface area contributed by atoms with Gasteiger partial charge in [0, 0.05) is 22.3 Å². The molecule has 0 aliphatic carbocycles. The van der Waals surface area contributed by atoms with Gasteiger partial charge in [-0.15, -0.1) is 11.8 Å². The van der Waals surface area contributed by atoms with E-state index in [1.807, 2.05) is 29.6 Å². The number of aromatic nitrogens is 2. The van der Waals surface area contributed by atoms with Crippen LogP contribution in [0.3, 0.4) is 0 Å². The largest absolute Gasteiger partial charge is 0.398 e. The Kier molecular flexibility index (Phi) is 4.14. The molecule has 4 nitrogen and oxygen atoms in total. The van der Waals surface area contributed by atoms with Gasteiger partial charge in [0.15, 0.2) is 5.82 Å². The third-order valence-corrected chi connectivity index (χ3v) is 6.56. The molecule has 1 aromatic heterocycles. The molecule has 1 aliphatic rings. The van der Waals surface area contributed by atoms with Gasteiger partial charge < -0.3 is 10.3 Å². The van der Waals surface area contributed by atoms with Crippen molar-refractivity contribution in [3.05, 3.63) is 29.0 Å². The van der Waals surface area contributed by atoms with E-state index in [1.165, 1.54) is 5.75 Å². The zero-order chi connectivity index (χ0) is 14.1. The Hall–Kier alpha value is -0.850. The monoisotopic (exact) mass is 327 g/mol. The van der Waals surface area contributed by atoms with Crippen molar-refractivity contribution in [3.8, 4) is 11.5 Å². The number of halogens is 1. The summed E-state index contributed by atoms with van der Waals surface area (Å²) in [5, 5.41) is 5.44. The summed E-state index contributed by atoms with van der Waals surface area (Å²) in [4.78, 5) is 4.51. The van der Waals surface area contributed by atoms with Gasteiger partial charge in [-0.3, -0.25) is 0 Å². The van der Waals surface area contributed by atoms with Crippen LogP contribution in [0.1, 0.15) is 18.0 Å². The molecule has 1 aliphatic heterocycles. The maximum atomic E-state index is 5.92. The minimum atomic E-state index is 0.288. The lowest BCUT2D eigenvalue weighted by Crippen LogP contribution is -2.16. The van der Waals surface area contributed by atoms with E-state index in [9.17, 15) is 0 Å². The molecule has 2 atom stereocenters. The molecule has 2 unspecified atom stereocenters. The predicted octanol–water partition coefficient (Wildman–Crippen LogP) is 3.88. The molecule has 0 amide bonds. The summed E-state index contributed by atoms with van der Waals surface area (Å²) >= 11 is 9.75. The van der Waals surface area contributed by atoms with Gasteiger partial charge in [0.1, 0.15) is 0 Å². The van der Waals surface area contributed by atoms with Gasteiger partial charge in [0.25, 0.3) is 5.89 Å². The highest BCUT2D eigenvalue weighted by Crippen LogP contribution is 2.41. The number of nitrogens with zero attached hydrogens (tertiary/aromatic N) is 2. The van der Waals surface area contributed by atoms with E-state index in [-0.39, 0.29) is 5.25 Å². The summed E-state index contributed by atoms with van der Waals surface area (Å²) in [5.41, 5.74) is 7.11. The highest BCUT2D eigenvalue weighted by Gasteiger charge is 2.28. The fourth-order valence-electron chi connectivity index (χ4n) is 2.06. The van der Waals surface area contributed by atoms with Crippen molar-refractivity contribution in [1.29, 1.82) is 0 Å². The van der Waals surface area contributed by atoms with E-state index in [0.29, 0.717) is 21.9 Å². The molecule has 0 bridgehead atoms. The van der Waals surface area contributed by atoms with Crippen LogP contribution in [0.5, 0.6) is 0 Å². The SMILES string of the molecule is CC1SCCSC1c1noc(-c2ccc(Cl)c(N)c2)n1. The number of rotatable bonds is 2. The van der Waals surface area contributed by atoms with Gasteiger partial charge in [-0.1, -0.05) is 23.7 Å². The standard InChI is InChI=1S/C13H14ClN3OS2/c1-7-11(20-5-4-19-7)12-16-13(18-17-12)8-2-3-9(14)10(15)6-8/h2-3,6-7,11H,4-5,15H2,1H3. The average Bonchev–Trinajstić information content (AvgIpc) is 2.92. The maximum Gasteiger partial charge on any atom is 0.258 e. The van der Waals surface area contributed by atoms with E-state index >= 15 is 0 Å². The summed E-state index contributed by atoms with van der Waals surface area (Å²) in [6, 6.07) is 5.33.